The Kier molecular flexibility index (Phi) is 4.55. The number of aromatic nitrogens is 2. The van der Waals surface area contributed by atoms with Crippen molar-refractivity contribution in [3.8, 4) is 11.5 Å². The average Bonchev–Trinajstić information content (AvgIpc) is 3.02. The van der Waals surface area contributed by atoms with Crippen molar-refractivity contribution in [2.45, 2.75) is 18.9 Å². The average molecular weight is 346 g/mol. The maximum absolute atomic E-state index is 12.7. The number of piperidine rings is 1. The van der Waals surface area contributed by atoms with Gasteiger partial charge in [0.15, 0.2) is 17.6 Å². The number of methoxy groups -OCH3 is 1. The molecule has 0 N–H and O–H groups in total. The molecule has 2 heterocycles. The van der Waals surface area contributed by atoms with Crippen LogP contribution < -0.4 is 14.4 Å². The minimum Gasteiger partial charge on any atom is -0.493 e. The van der Waals surface area contributed by atoms with Crippen molar-refractivity contribution >= 4 is 17.3 Å². The van der Waals surface area contributed by atoms with Gasteiger partial charge >= 0.3 is 0 Å². The largest absolute Gasteiger partial charge is 0.493 e. The summed E-state index contributed by atoms with van der Waals surface area (Å²) in [7, 11) is 3.22. The molecule has 1 aliphatic rings. The van der Waals surface area contributed by atoms with E-state index in [9.17, 15) is 14.9 Å². The molecular weight excluding hydrogens is 328 g/mol. The van der Waals surface area contributed by atoms with Gasteiger partial charge in [-0.15, -0.1) is 0 Å². The summed E-state index contributed by atoms with van der Waals surface area (Å²) in [5.74, 6) is 0.327. The summed E-state index contributed by atoms with van der Waals surface area (Å²) in [6.07, 6.45) is 3.93. The quantitative estimate of drug-likeness (QED) is 0.606. The highest BCUT2D eigenvalue weighted by atomic mass is 16.6. The molecule has 2 aromatic rings. The summed E-state index contributed by atoms with van der Waals surface area (Å²) in [6, 6.07) is 4.06. The number of nitro benzene ring substituents is 1. The summed E-state index contributed by atoms with van der Waals surface area (Å²) in [5.41, 5.74) is 0.579. The first-order valence-electron chi connectivity index (χ1n) is 7.78. The Morgan fingerprint density at radius 2 is 2.16 bits per heavy atom. The van der Waals surface area contributed by atoms with Gasteiger partial charge in [0.2, 0.25) is 0 Å². The minimum atomic E-state index is -0.732. The van der Waals surface area contributed by atoms with Gasteiger partial charge in [-0.05, 0) is 18.9 Å². The van der Waals surface area contributed by atoms with E-state index in [0.29, 0.717) is 24.4 Å². The van der Waals surface area contributed by atoms with E-state index in [2.05, 4.69) is 5.10 Å². The molecule has 0 radical (unpaired) electrons. The normalized spacial score (nSPS) is 17.4. The molecule has 9 nitrogen and oxygen atoms in total. The van der Waals surface area contributed by atoms with Crippen molar-refractivity contribution in [1.29, 1.82) is 0 Å². The third-order valence-electron chi connectivity index (χ3n) is 4.02. The van der Waals surface area contributed by atoms with E-state index < -0.39 is 11.0 Å². The van der Waals surface area contributed by atoms with Gasteiger partial charge in [-0.25, -0.2) is 0 Å². The Morgan fingerprint density at radius 1 is 1.36 bits per heavy atom. The molecular formula is C16H18N4O5. The van der Waals surface area contributed by atoms with Crippen LogP contribution in [0.5, 0.6) is 11.5 Å². The summed E-state index contributed by atoms with van der Waals surface area (Å²) in [6.45, 7) is 0.580. The monoisotopic (exact) mass is 346 g/mol. The molecule has 25 heavy (non-hydrogen) atoms. The fraction of sp³-hybridized carbons (Fsp3) is 0.375. The predicted octanol–water partition coefficient (Wildman–Crippen LogP) is 1.91. The zero-order valence-electron chi connectivity index (χ0n) is 13.9. The van der Waals surface area contributed by atoms with E-state index in [1.54, 1.807) is 29.0 Å². The SMILES string of the molecule is COc1ccc([N+](=O)[O-])cc1OC1CCCN(c2cnn(C)c2)C1=O. The second-order valence-electron chi connectivity index (χ2n) is 5.70. The molecule has 1 fully saturated rings. The predicted molar refractivity (Wildman–Crippen MR) is 88.9 cm³/mol. The van der Waals surface area contributed by atoms with Crippen LogP contribution in [-0.2, 0) is 11.8 Å². The standard InChI is InChI=1S/C16H18N4O5/c1-18-10-12(9-17-18)19-7-3-4-14(16(19)21)25-15-8-11(20(22)23)5-6-13(15)24-2/h5-6,8-10,14H,3-4,7H2,1-2H3. The van der Waals surface area contributed by atoms with E-state index in [4.69, 9.17) is 9.47 Å². The molecule has 9 heteroatoms. The maximum atomic E-state index is 12.7. The number of rotatable bonds is 5. The number of carbonyl (C=O) groups excluding carboxylic acids is 1. The Labute approximate surface area is 143 Å². The molecule has 1 saturated heterocycles. The number of amides is 1. The van der Waals surface area contributed by atoms with E-state index in [-0.39, 0.29) is 17.3 Å². The van der Waals surface area contributed by atoms with Gasteiger partial charge in [-0.1, -0.05) is 0 Å². The maximum Gasteiger partial charge on any atom is 0.273 e. The van der Waals surface area contributed by atoms with Crippen molar-refractivity contribution in [2.75, 3.05) is 18.6 Å². The van der Waals surface area contributed by atoms with Crippen LogP contribution in [0.15, 0.2) is 30.6 Å². The van der Waals surface area contributed by atoms with Crippen molar-refractivity contribution < 1.29 is 19.2 Å². The van der Waals surface area contributed by atoms with Crippen LogP contribution in [0.4, 0.5) is 11.4 Å². The Balaban J connectivity index is 1.83. The lowest BCUT2D eigenvalue weighted by molar-refractivity contribution is -0.385. The molecule has 132 valence electrons. The summed E-state index contributed by atoms with van der Waals surface area (Å²) in [4.78, 5) is 24.8. The number of ether oxygens (including phenoxy) is 2. The van der Waals surface area contributed by atoms with Gasteiger partial charge in [0, 0.05) is 25.9 Å². The van der Waals surface area contributed by atoms with Crippen molar-refractivity contribution in [3.05, 3.63) is 40.7 Å². The highest BCUT2D eigenvalue weighted by Gasteiger charge is 2.32. The Bertz CT molecular complexity index is 804. The number of non-ortho nitro benzene ring substituents is 1. The van der Waals surface area contributed by atoms with Gasteiger partial charge in [0.25, 0.3) is 11.6 Å². The molecule has 0 aliphatic carbocycles. The summed E-state index contributed by atoms with van der Waals surface area (Å²) >= 11 is 0. The van der Waals surface area contributed by atoms with Crippen LogP contribution in [0.25, 0.3) is 0 Å². The van der Waals surface area contributed by atoms with E-state index in [0.717, 1.165) is 6.42 Å². The summed E-state index contributed by atoms with van der Waals surface area (Å²) in [5, 5.41) is 15.1. The van der Waals surface area contributed by atoms with Gasteiger partial charge in [-0.2, -0.15) is 5.10 Å². The first-order valence-corrected chi connectivity index (χ1v) is 7.78. The smallest absolute Gasteiger partial charge is 0.273 e. The molecule has 3 rings (SSSR count). The number of nitro groups is 1. The molecule has 1 unspecified atom stereocenters. The Hall–Kier alpha value is -3.10. The summed E-state index contributed by atoms with van der Waals surface area (Å²) < 4.78 is 12.6. The van der Waals surface area contributed by atoms with Gasteiger partial charge in [-0.3, -0.25) is 19.6 Å². The van der Waals surface area contributed by atoms with Crippen molar-refractivity contribution in [3.63, 3.8) is 0 Å². The zero-order valence-corrected chi connectivity index (χ0v) is 13.9. The van der Waals surface area contributed by atoms with Gasteiger partial charge < -0.3 is 14.4 Å². The lowest BCUT2D eigenvalue weighted by Crippen LogP contribution is -2.46. The second-order valence-corrected chi connectivity index (χ2v) is 5.70. The number of benzene rings is 1. The highest BCUT2D eigenvalue weighted by molar-refractivity contribution is 5.97. The number of carbonyl (C=O) groups is 1. The lowest BCUT2D eigenvalue weighted by atomic mass is 10.1. The Morgan fingerprint density at radius 3 is 2.80 bits per heavy atom. The molecule has 1 aromatic heterocycles. The van der Waals surface area contributed by atoms with E-state index in [1.807, 2.05) is 0 Å². The van der Waals surface area contributed by atoms with Gasteiger partial charge in [0.05, 0.1) is 30.0 Å². The van der Waals surface area contributed by atoms with Gasteiger partial charge in [0.1, 0.15) is 0 Å². The third kappa shape index (κ3) is 3.39. The van der Waals surface area contributed by atoms with E-state index >= 15 is 0 Å². The highest BCUT2D eigenvalue weighted by Crippen LogP contribution is 2.33. The number of hydrogen-bond acceptors (Lipinski definition) is 6. The fourth-order valence-electron chi connectivity index (χ4n) is 2.78. The fourth-order valence-corrected chi connectivity index (χ4v) is 2.78. The number of nitrogens with zero attached hydrogens (tertiary/aromatic N) is 4. The molecule has 0 spiro atoms. The zero-order chi connectivity index (χ0) is 18.0. The number of aryl methyl sites for hydroxylation is 1. The van der Waals surface area contributed by atoms with Crippen LogP contribution >= 0.6 is 0 Å². The van der Waals surface area contributed by atoms with Crippen molar-refractivity contribution in [1.82, 2.24) is 9.78 Å². The van der Waals surface area contributed by atoms with Crippen LogP contribution in [0.2, 0.25) is 0 Å². The molecule has 1 aromatic carbocycles. The van der Waals surface area contributed by atoms with Crippen LogP contribution in [-0.4, -0.2) is 40.4 Å². The first-order chi connectivity index (χ1) is 12.0. The lowest BCUT2D eigenvalue weighted by Gasteiger charge is -2.31. The van der Waals surface area contributed by atoms with Crippen molar-refractivity contribution in [2.24, 2.45) is 7.05 Å². The molecule has 0 saturated carbocycles. The first kappa shape index (κ1) is 16.7. The van der Waals surface area contributed by atoms with E-state index in [1.165, 1.54) is 25.3 Å². The minimum absolute atomic E-state index is 0.122. The topological polar surface area (TPSA) is 99.7 Å². The van der Waals surface area contributed by atoms with Crippen LogP contribution in [0, 0.1) is 10.1 Å². The number of hydrogen-bond donors (Lipinski definition) is 0. The molecule has 1 atom stereocenters. The molecule has 1 aliphatic heterocycles. The molecule has 0 bridgehead atoms. The third-order valence-corrected chi connectivity index (χ3v) is 4.02. The molecule has 1 amide bonds. The van der Waals surface area contributed by atoms with Crippen LogP contribution in [0.3, 0.4) is 0 Å². The number of anilines is 1. The second kappa shape index (κ2) is 6.80. The van der Waals surface area contributed by atoms with Crippen LogP contribution in [0.1, 0.15) is 12.8 Å².